The van der Waals surface area contributed by atoms with Crippen LogP contribution in [0.5, 0.6) is 0 Å². The predicted octanol–water partition coefficient (Wildman–Crippen LogP) is 2.84. The van der Waals surface area contributed by atoms with Crippen LogP contribution in [0.15, 0.2) is 18.2 Å². The minimum absolute atomic E-state index is 0.0431. The Morgan fingerprint density at radius 1 is 1.09 bits per heavy atom. The third-order valence-corrected chi connectivity index (χ3v) is 5.56. The number of thioether (sulfide) groups is 1. The molecule has 1 aromatic rings. The van der Waals surface area contributed by atoms with Gasteiger partial charge in [-0.15, -0.1) is 0 Å². The van der Waals surface area contributed by atoms with E-state index in [1.165, 1.54) is 12.1 Å². The van der Waals surface area contributed by atoms with E-state index in [-0.39, 0.29) is 30.2 Å². The molecule has 1 aliphatic heterocycles. The minimum atomic E-state index is -0.571. The van der Waals surface area contributed by atoms with Crippen molar-refractivity contribution in [3.05, 3.63) is 39.4 Å². The summed E-state index contributed by atoms with van der Waals surface area (Å²) in [4.78, 5) is 48.4. The highest BCUT2D eigenvalue weighted by Crippen LogP contribution is 2.21. The van der Waals surface area contributed by atoms with Crippen LogP contribution in [0.25, 0.3) is 0 Å². The highest BCUT2D eigenvalue weighted by Gasteiger charge is 2.18. The van der Waals surface area contributed by atoms with Crippen LogP contribution in [0.1, 0.15) is 49.7 Å². The van der Waals surface area contributed by atoms with Gasteiger partial charge in [0.25, 0.3) is 5.69 Å². The molecule has 32 heavy (non-hydrogen) atoms. The van der Waals surface area contributed by atoms with Gasteiger partial charge in [-0.05, 0) is 48.8 Å². The maximum Gasteiger partial charge on any atom is 0.330 e. The zero-order valence-electron chi connectivity index (χ0n) is 17.7. The lowest BCUT2D eigenvalue weighted by molar-refractivity contribution is -0.460. The Labute approximate surface area is 190 Å². The van der Waals surface area contributed by atoms with E-state index < -0.39 is 17.5 Å². The first-order chi connectivity index (χ1) is 15.5. The Bertz CT molecular complexity index is 757. The maximum absolute atomic E-state index is 11.9. The number of carbonyl (C=O) groups excluding carboxylic acids is 2. The molecular weight excluding hydrogens is 444 g/mol. The molecule has 2 rings (SSSR count). The third-order valence-electron chi connectivity index (χ3n) is 4.41. The summed E-state index contributed by atoms with van der Waals surface area (Å²) in [5.41, 5.74) is 0.528. The van der Waals surface area contributed by atoms with Crippen LogP contribution in [-0.4, -0.2) is 52.1 Å². The lowest BCUT2D eigenvalue weighted by Gasteiger charge is -2.10. The van der Waals surface area contributed by atoms with Crippen molar-refractivity contribution in [1.29, 1.82) is 0 Å². The molecule has 0 spiro atoms. The number of nitro groups is 1. The molecule has 12 heteroatoms. The first-order valence-corrected chi connectivity index (χ1v) is 11.5. The molecule has 1 heterocycles. The molecule has 178 valence electrons. The molecule has 0 unspecified atom stereocenters. The van der Waals surface area contributed by atoms with Gasteiger partial charge in [-0.25, -0.2) is 9.68 Å². The standard InChI is InChI=1S/C20H28N2O9S/c23-14-17-8-7-16(13-18(17)21(26)27)15-28-19(24)5-1-3-11-32-12-4-2-6-20(25)31-22-29-9-10-30-22/h7-8,13,23H,1-6,9-12,14-15H2. The first kappa shape index (κ1) is 26.0. The van der Waals surface area contributed by atoms with Crippen molar-refractivity contribution in [3.63, 3.8) is 0 Å². The molecular formula is C20H28N2O9S. The maximum atomic E-state index is 11.9. The van der Waals surface area contributed by atoms with Crippen LogP contribution < -0.4 is 0 Å². The molecule has 1 fully saturated rings. The summed E-state index contributed by atoms with van der Waals surface area (Å²) in [6.45, 7) is 0.264. The zero-order valence-corrected chi connectivity index (χ0v) is 18.5. The molecule has 1 N–H and O–H groups in total. The van der Waals surface area contributed by atoms with Gasteiger partial charge in [0.2, 0.25) is 0 Å². The van der Waals surface area contributed by atoms with Gasteiger partial charge in [0.05, 0.1) is 17.1 Å². The van der Waals surface area contributed by atoms with Crippen LogP contribution in [0.4, 0.5) is 5.69 Å². The Morgan fingerprint density at radius 2 is 1.75 bits per heavy atom. The first-order valence-electron chi connectivity index (χ1n) is 10.4. The lowest BCUT2D eigenvalue weighted by Crippen LogP contribution is -2.21. The number of hydrogen-bond donors (Lipinski definition) is 1. The second kappa shape index (κ2) is 14.7. The Kier molecular flexibility index (Phi) is 12.0. The topological polar surface area (TPSA) is 138 Å². The summed E-state index contributed by atoms with van der Waals surface area (Å²) in [5, 5.41) is 20.9. The normalized spacial score (nSPS) is 13.8. The van der Waals surface area contributed by atoms with Crippen molar-refractivity contribution in [3.8, 4) is 0 Å². The van der Waals surface area contributed by atoms with Crippen LogP contribution in [0, 0.1) is 10.1 Å². The molecule has 0 atom stereocenters. The molecule has 11 nitrogen and oxygen atoms in total. The van der Waals surface area contributed by atoms with E-state index in [9.17, 15) is 19.7 Å². The monoisotopic (exact) mass is 472 g/mol. The largest absolute Gasteiger partial charge is 0.461 e. The molecule has 1 saturated heterocycles. The van der Waals surface area contributed by atoms with Crippen molar-refractivity contribution in [2.24, 2.45) is 0 Å². The van der Waals surface area contributed by atoms with E-state index in [2.05, 4.69) is 0 Å². The van der Waals surface area contributed by atoms with E-state index in [1.807, 2.05) is 0 Å². The number of rotatable bonds is 15. The number of unbranched alkanes of at least 4 members (excludes halogenated alkanes) is 2. The molecule has 0 aromatic heterocycles. The number of nitro benzene ring substituents is 1. The van der Waals surface area contributed by atoms with Gasteiger partial charge in [0.1, 0.15) is 25.2 Å². The second-order valence-electron chi connectivity index (χ2n) is 6.92. The summed E-state index contributed by atoms with van der Waals surface area (Å²) >= 11 is 1.76. The van der Waals surface area contributed by atoms with Gasteiger partial charge in [-0.3, -0.25) is 19.7 Å². The smallest absolute Gasteiger partial charge is 0.330 e. The fraction of sp³-hybridized carbons (Fsp3) is 0.600. The SMILES string of the molecule is O=C(CCCCSCCCCC(=O)ON1OCCO1)OCc1ccc(CO)c([N+](=O)[O-])c1. The summed E-state index contributed by atoms with van der Waals surface area (Å²) in [5.74, 6) is 1.07. The van der Waals surface area contributed by atoms with Crippen molar-refractivity contribution in [2.75, 3.05) is 24.7 Å². The number of aliphatic hydroxyl groups is 1. The van der Waals surface area contributed by atoms with Gasteiger partial charge in [-0.2, -0.15) is 11.8 Å². The van der Waals surface area contributed by atoms with Crippen LogP contribution >= 0.6 is 11.8 Å². The van der Waals surface area contributed by atoms with E-state index in [1.54, 1.807) is 17.8 Å². The predicted molar refractivity (Wildman–Crippen MR) is 114 cm³/mol. The highest BCUT2D eigenvalue weighted by atomic mass is 32.2. The summed E-state index contributed by atoms with van der Waals surface area (Å²) < 4.78 is 5.17. The zero-order chi connectivity index (χ0) is 23.2. The third kappa shape index (κ3) is 9.92. The average molecular weight is 473 g/mol. The van der Waals surface area contributed by atoms with Crippen molar-refractivity contribution < 1.29 is 38.9 Å². The fourth-order valence-corrected chi connectivity index (χ4v) is 3.75. The van der Waals surface area contributed by atoms with E-state index >= 15 is 0 Å². The number of ether oxygens (including phenoxy) is 1. The summed E-state index contributed by atoms with van der Waals surface area (Å²) in [6, 6.07) is 4.36. The Balaban J connectivity index is 1.46. The molecule has 1 aliphatic rings. The molecule has 0 saturated carbocycles. The Hall–Kier alpha value is -2.25. The number of esters is 1. The van der Waals surface area contributed by atoms with E-state index in [0.29, 0.717) is 38.0 Å². The van der Waals surface area contributed by atoms with Crippen LogP contribution in [0.2, 0.25) is 0 Å². The van der Waals surface area contributed by atoms with Crippen molar-refractivity contribution >= 4 is 29.4 Å². The summed E-state index contributed by atoms with van der Waals surface area (Å²) in [7, 11) is 0. The fourth-order valence-electron chi connectivity index (χ4n) is 2.73. The van der Waals surface area contributed by atoms with E-state index in [4.69, 9.17) is 24.4 Å². The van der Waals surface area contributed by atoms with Gasteiger partial charge in [-0.1, -0.05) is 6.07 Å². The molecule has 0 radical (unpaired) electrons. The lowest BCUT2D eigenvalue weighted by atomic mass is 10.1. The molecule has 0 amide bonds. The second-order valence-corrected chi connectivity index (χ2v) is 8.14. The highest BCUT2D eigenvalue weighted by molar-refractivity contribution is 7.99. The molecule has 0 aliphatic carbocycles. The number of hydrogen-bond acceptors (Lipinski definition) is 11. The molecule has 1 aromatic carbocycles. The van der Waals surface area contributed by atoms with Gasteiger partial charge < -0.3 is 14.7 Å². The number of carbonyl (C=O) groups is 2. The number of aliphatic hydroxyl groups excluding tert-OH is 1. The van der Waals surface area contributed by atoms with Crippen molar-refractivity contribution in [1.82, 2.24) is 5.39 Å². The Morgan fingerprint density at radius 3 is 2.38 bits per heavy atom. The van der Waals surface area contributed by atoms with Crippen LogP contribution in [0.3, 0.4) is 0 Å². The minimum Gasteiger partial charge on any atom is -0.461 e. The van der Waals surface area contributed by atoms with E-state index in [0.717, 1.165) is 29.7 Å². The van der Waals surface area contributed by atoms with Gasteiger partial charge >= 0.3 is 11.9 Å². The average Bonchev–Trinajstić information content (AvgIpc) is 3.29. The van der Waals surface area contributed by atoms with Crippen LogP contribution in [-0.2, 0) is 42.1 Å². The molecule has 0 bridgehead atoms. The quantitative estimate of drug-likeness (QED) is 0.174. The van der Waals surface area contributed by atoms with Gasteiger partial charge in [0.15, 0.2) is 0 Å². The van der Waals surface area contributed by atoms with Crippen molar-refractivity contribution in [2.45, 2.75) is 51.7 Å². The summed E-state index contributed by atoms with van der Waals surface area (Å²) in [6.07, 6.45) is 3.72. The van der Waals surface area contributed by atoms with Gasteiger partial charge in [0, 0.05) is 18.9 Å². The number of benzene rings is 1. The number of nitrogens with zero attached hydrogens (tertiary/aromatic N) is 2.